The summed E-state index contributed by atoms with van der Waals surface area (Å²) < 4.78 is 6.90. The van der Waals surface area contributed by atoms with Crippen molar-refractivity contribution in [3.05, 3.63) is 18.2 Å². The molecule has 0 spiro atoms. The Hall–Kier alpha value is -1.69. The fourth-order valence-electron chi connectivity index (χ4n) is 1.84. The van der Waals surface area contributed by atoms with E-state index >= 15 is 0 Å². The van der Waals surface area contributed by atoms with E-state index in [1.165, 1.54) is 0 Å². The van der Waals surface area contributed by atoms with E-state index in [1.807, 2.05) is 19.3 Å². The lowest BCUT2D eigenvalue weighted by atomic mass is 9.78. The fourth-order valence-corrected chi connectivity index (χ4v) is 1.84. The molecule has 0 radical (unpaired) electrons. The second-order valence-electron chi connectivity index (χ2n) is 4.31. The van der Waals surface area contributed by atoms with Crippen LogP contribution in [0.2, 0.25) is 0 Å². The van der Waals surface area contributed by atoms with Crippen LogP contribution < -0.4 is 5.73 Å². The van der Waals surface area contributed by atoms with Crippen LogP contribution in [-0.4, -0.2) is 19.9 Å². The number of aryl methyl sites for hydroxylation is 1. The van der Waals surface area contributed by atoms with Gasteiger partial charge in [-0.25, -0.2) is 0 Å². The molecule has 0 unspecified atom stereocenters. The monoisotopic (exact) mass is 219 g/mol. The normalized spacial score (nSPS) is 18.4. The summed E-state index contributed by atoms with van der Waals surface area (Å²) in [6.45, 7) is 0. The molecule has 84 valence electrons. The summed E-state index contributed by atoms with van der Waals surface area (Å²) in [4.78, 5) is 4.31. The lowest BCUT2D eigenvalue weighted by Gasteiger charge is -2.33. The minimum Gasteiger partial charge on any atom is -0.337 e. The van der Waals surface area contributed by atoms with Crippen molar-refractivity contribution >= 4 is 0 Å². The first-order chi connectivity index (χ1) is 7.67. The summed E-state index contributed by atoms with van der Waals surface area (Å²) in [6.07, 6.45) is 4.79. The molecule has 3 rings (SSSR count). The van der Waals surface area contributed by atoms with Crippen LogP contribution >= 0.6 is 0 Å². The van der Waals surface area contributed by atoms with Gasteiger partial charge in [0.25, 0.3) is 0 Å². The van der Waals surface area contributed by atoms with E-state index in [2.05, 4.69) is 15.2 Å². The maximum atomic E-state index is 6.10. The smallest absolute Gasteiger partial charge is 0.247 e. The summed E-state index contributed by atoms with van der Waals surface area (Å²) in [5.41, 5.74) is 6.40. The van der Waals surface area contributed by atoms with Gasteiger partial charge in [-0.05, 0) is 25.3 Å². The highest BCUT2D eigenvalue weighted by Gasteiger charge is 2.40. The summed E-state index contributed by atoms with van der Waals surface area (Å²) >= 11 is 0. The van der Waals surface area contributed by atoms with Crippen molar-refractivity contribution in [3.63, 3.8) is 0 Å². The van der Waals surface area contributed by atoms with E-state index in [1.54, 1.807) is 4.68 Å². The third-order valence-electron chi connectivity index (χ3n) is 3.04. The highest BCUT2D eigenvalue weighted by Crippen LogP contribution is 2.38. The maximum Gasteiger partial charge on any atom is 0.247 e. The first-order valence-corrected chi connectivity index (χ1v) is 5.30. The highest BCUT2D eigenvalue weighted by molar-refractivity contribution is 5.46. The molecule has 2 aromatic rings. The van der Waals surface area contributed by atoms with E-state index in [0.29, 0.717) is 17.4 Å². The Morgan fingerprint density at radius 2 is 2.31 bits per heavy atom. The van der Waals surface area contributed by atoms with Crippen molar-refractivity contribution in [1.82, 2.24) is 19.9 Å². The van der Waals surface area contributed by atoms with Crippen LogP contribution in [0.5, 0.6) is 0 Å². The quantitative estimate of drug-likeness (QED) is 0.808. The molecule has 2 aromatic heterocycles. The van der Waals surface area contributed by atoms with Crippen molar-refractivity contribution < 1.29 is 4.52 Å². The van der Waals surface area contributed by atoms with Gasteiger partial charge in [-0.3, -0.25) is 4.68 Å². The van der Waals surface area contributed by atoms with Crippen molar-refractivity contribution in [3.8, 4) is 11.5 Å². The highest BCUT2D eigenvalue weighted by atomic mass is 16.5. The van der Waals surface area contributed by atoms with Gasteiger partial charge in [0.05, 0.1) is 5.54 Å². The molecule has 0 atom stereocenters. The van der Waals surface area contributed by atoms with Gasteiger partial charge in [0.1, 0.15) is 5.69 Å². The standard InChI is InChI=1S/C10H13N5O/c1-15-6-3-7(13-15)8-12-9(16-14-8)10(11)4-2-5-10/h3,6H,2,4-5,11H2,1H3. The van der Waals surface area contributed by atoms with Crippen molar-refractivity contribution in [2.24, 2.45) is 12.8 Å². The molecule has 0 aromatic carbocycles. The Bertz CT molecular complexity index is 511. The van der Waals surface area contributed by atoms with E-state index in [9.17, 15) is 0 Å². The molecule has 1 aliphatic carbocycles. The molecule has 1 fully saturated rings. The zero-order valence-electron chi connectivity index (χ0n) is 9.05. The fraction of sp³-hybridized carbons (Fsp3) is 0.500. The lowest BCUT2D eigenvalue weighted by molar-refractivity contribution is 0.181. The van der Waals surface area contributed by atoms with Crippen LogP contribution in [-0.2, 0) is 12.6 Å². The zero-order valence-corrected chi connectivity index (χ0v) is 9.05. The molecule has 0 amide bonds. The molecular formula is C10H13N5O. The predicted octanol–water partition coefficient (Wildman–Crippen LogP) is 0.808. The topological polar surface area (TPSA) is 82.8 Å². The maximum absolute atomic E-state index is 6.10. The van der Waals surface area contributed by atoms with E-state index in [4.69, 9.17) is 10.3 Å². The van der Waals surface area contributed by atoms with Crippen LogP contribution in [0.4, 0.5) is 0 Å². The number of nitrogens with two attached hydrogens (primary N) is 1. The molecule has 2 N–H and O–H groups in total. The van der Waals surface area contributed by atoms with Crippen LogP contribution in [0, 0.1) is 0 Å². The summed E-state index contributed by atoms with van der Waals surface area (Å²) in [6, 6.07) is 1.85. The minimum absolute atomic E-state index is 0.403. The Labute approximate surface area is 92.4 Å². The van der Waals surface area contributed by atoms with Crippen LogP contribution in [0.15, 0.2) is 16.8 Å². The Balaban J connectivity index is 1.93. The van der Waals surface area contributed by atoms with E-state index in [0.717, 1.165) is 19.3 Å². The molecule has 0 bridgehead atoms. The van der Waals surface area contributed by atoms with E-state index < -0.39 is 5.54 Å². The summed E-state index contributed by atoms with van der Waals surface area (Å²) in [5, 5.41) is 8.12. The van der Waals surface area contributed by atoms with Gasteiger partial charge in [0, 0.05) is 13.2 Å². The van der Waals surface area contributed by atoms with Gasteiger partial charge >= 0.3 is 0 Å². The zero-order chi connectivity index (χ0) is 11.2. The molecule has 1 saturated carbocycles. The average Bonchev–Trinajstić information content (AvgIpc) is 2.82. The van der Waals surface area contributed by atoms with Gasteiger partial charge in [-0.1, -0.05) is 5.16 Å². The van der Waals surface area contributed by atoms with Gasteiger partial charge in [-0.2, -0.15) is 10.1 Å². The number of nitrogens with zero attached hydrogens (tertiary/aromatic N) is 4. The van der Waals surface area contributed by atoms with Crippen molar-refractivity contribution in [2.45, 2.75) is 24.8 Å². The Morgan fingerprint density at radius 3 is 2.88 bits per heavy atom. The average molecular weight is 219 g/mol. The Kier molecular flexibility index (Phi) is 1.88. The minimum atomic E-state index is -0.403. The molecule has 6 heteroatoms. The van der Waals surface area contributed by atoms with E-state index in [-0.39, 0.29) is 0 Å². The molecule has 6 nitrogen and oxygen atoms in total. The van der Waals surface area contributed by atoms with Crippen LogP contribution in [0.1, 0.15) is 25.2 Å². The molecule has 2 heterocycles. The number of hydrogen-bond acceptors (Lipinski definition) is 5. The van der Waals surface area contributed by atoms with Crippen LogP contribution in [0.25, 0.3) is 11.5 Å². The second kappa shape index (κ2) is 3.15. The third kappa shape index (κ3) is 1.34. The predicted molar refractivity (Wildman–Crippen MR) is 56.2 cm³/mol. The van der Waals surface area contributed by atoms with Gasteiger partial charge in [0.15, 0.2) is 0 Å². The number of hydrogen-bond donors (Lipinski definition) is 1. The molecular weight excluding hydrogens is 206 g/mol. The Morgan fingerprint density at radius 1 is 1.50 bits per heavy atom. The van der Waals surface area contributed by atoms with Gasteiger partial charge < -0.3 is 10.3 Å². The van der Waals surface area contributed by atoms with Crippen molar-refractivity contribution in [1.29, 1.82) is 0 Å². The first-order valence-electron chi connectivity index (χ1n) is 5.30. The molecule has 0 saturated heterocycles. The summed E-state index contributed by atoms with van der Waals surface area (Å²) in [5.74, 6) is 1.03. The van der Waals surface area contributed by atoms with Gasteiger partial charge in [-0.15, -0.1) is 0 Å². The van der Waals surface area contributed by atoms with Crippen molar-refractivity contribution in [2.75, 3.05) is 0 Å². The number of aromatic nitrogens is 4. The largest absolute Gasteiger partial charge is 0.337 e. The SMILES string of the molecule is Cn1ccc(-c2noc(C3(N)CCC3)n2)n1. The second-order valence-corrected chi connectivity index (χ2v) is 4.31. The molecule has 16 heavy (non-hydrogen) atoms. The van der Waals surface area contributed by atoms with Gasteiger partial charge in [0.2, 0.25) is 11.7 Å². The van der Waals surface area contributed by atoms with Crippen LogP contribution in [0.3, 0.4) is 0 Å². The number of rotatable bonds is 2. The molecule has 0 aliphatic heterocycles. The third-order valence-corrected chi connectivity index (χ3v) is 3.04. The summed E-state index contributed by atoms with van der Waals surface area (Å²) in [7, 11) is 1.85. The molecule has 1 aliphatic rings. The lowest BCUT2D eigenvalue weighted by Crippen LogP contribution is -2.43. The first kappa shape index (κ1) is 9.53.